The van der Waals surface area contributed by atoms with E-state index in [1.54, 1.807) is 31.4 Å². The van der Waals surface area contributed by atoms with Gasteiger partial charge in [-0.05, 0) is 35.1 Å². The van der Waals surface area contributed by atoms with Crippen molar-refractivity contribution in [3.05, 3.63) is 45.3 Å². The van der Waals surface area contributed by atoms with Crippen molar-refractivity contribution in [3.8, 4) is 5.88 Å². The number of aromatic nitrogens is 2. The van der Waals surface area contributed by atoms with Gasteiger partial charge in [-0.1, -0.05) is 6.07 Å². The molecule has 0 saturated carbocycles. The lowest BCUT2D eigenvalue weighted by molar-refractivity contribution is 0.307. The topological polar surface area (TPSA) is 68.2 Å². The summed E-state index contributed by atoms with van der Waals surface area (Å²) >= 11 is 3.37. The zero-order valence-corrected chi connectivity index (χ0v) is 13.5. The Morgan fingerprint density at radius 3 is 3.00 bits per heavy atom. The minimum atomic E-state index is -0.124. The molecule has 0 radical (unpaired) electrons. The molecule has 2 heterocycles. The van der Waals surface area contributed by atoms with Crippen LogP contribution in [-0.4, -0.2) is 29.8 Å². The lowest BCUT2D eigenvalue weighted by Gasteiger charge is -2.09. The van der Waals surface area contributed by atoms with Gasteiger partial charge < -0.3 is 19.9 Å². The van der Waals surface area contributed by atoms with Crippen LogP contribution in [0.5, 0.6) is 5.88 Å². The van der Waals surface area contributed by atoms with Crippen molar-refractivity contribution >= 4 is 27.4 Å². The van der Waals surface area contributed by atoms with Crippen molar-refractivity contribution in [2.24, 2.45) is 7.05 Å². The third-order valence-electron chi connectivity index (χ3n) is 2.74. The van der Waals surface area contributed by atoms with E-state index in [1.807, 2.05) is 13.1 Å². The van der Waals surface area contributed by atoms with Gasteiger partial charge in [0.15, 0.2) is 0 Å². The molecule has 6 nitrogen and oxygen atoms in total. The quantitative estimate of drug-likeness (QED) is 0.777. The number of nitrogens with zero attached hydrogens (tertiary/aromatic N) is 2. The molecular weight excluding hydrogens is 336 g/mol. The van der Waals surface area contributed by atoms with Crippen LogP contribution in [0.4, 0.5) is 11.5 Å². The molecular formula is C14H17BrN4O2. The number of nitrogens with one attached hydrogen (secondary N) is 2. The average molecular weight is 353 g/mol. The maximum atomic E-state index is 12.0. The number of hydrogen-bond acceptors (Lipinski definition) is 5. The Kier molecular flexibility index (Phi) is 5.35. The maximum absolute atomic E-state index is 12.0. The molecule has 0 bridgehead atoms. The van der Waals surface area contributed by atoms with Crippen LogP contribution < -0.4 is 20.9 Å². The molecule has 0 fully saturated rings. The second-order valence-electron chi connectivity index (χ2n) is 4.43. The van der Waals surface area contributed by atoms with Gasteiger partial charge in [0, 0.05) is 30.3 Å². The number of anilines is 2. The Morgan fingerprint density at radius 1 is 1.43 bits per heavy atom. The van der Waals surface area contributed by atoms with E-state index in [0.29, 0.717) is 24.0 Å². The summed E-state index contributed by atoms with van der Waals surface area (Å²) in [6.07, 6.45) is 1.71. The summed E-state index contributed by atoms with van der Waals surface area (Å²) in [4.78, 5) is 16.3. The van der Waals surface area contributed by atoms with Gasteiger partial charge in [0.1, 0.15) is 18.1 Å². The van der Waals surface area contributed by atoms with E-state index < -0.39 is 0 Å². The molecule has 0 saturated heterocycles. The SMILES string of the molecule is CNCCOc1cccc(Nc2cc(Br)cn(C)c2=O)n1. The minimum absolute atomic E-state index is 0.124. The Balaban J connectivity index is 2.16. The predicted octanol–water partition coefficient (Wildman–Crippen LogP) is 1.88. The second kappa shape index (κ2) is 7.24. The normalized spacial score (nSPS) is 10.4. The van der Waals surface area contributed by atoms with Gasteiger partial charge in [-0.25, -0.2) is 0 Å². The zero-order chi connectivity index (χ0) is 15.2. The molecule has 0 aliphatic carbocycles. The molecule has 2 N–H and O–H groups in total. The Morgan fingerprint density at radius 2 is 2.24 bits per heavy atom. The first-order valence-corrected chi connectivity index (χ1v) is 7.27. The van der Waals surface area contributed by atoms with Crippen LogP contribution in [0.2, 0.25) is 0 Å². The monoisotopic (exact) mass is 352 g/mol. The van der Waals surface area contributed by atoms with Crippen LogP contribution in [0.3, 0.4) is 0 Å². The van der Waals surface area contributed by atoms with Crippen molar-refractivity contribution in [1.29, 1.82) is 0 Å². The molecule has 0 unspecified atom stereocenters. The number of halogens is 1. The highest BCUT2D eigenvalue weighted by molar-refractivity contribution is 9.10. The Labute approximate surface area is 131 Å². The van der Waals surface area contributed by atoms with Gasteiger partial charge in [-0.15, -0.1) is 0 Å². The standard InChI is InChI=1S/C14H17BrN4O2/c1-16-6-7-21-13-5-3-4-12(18-13)17-11-8-10(15)9-19(2)14(11)20/h3-5,8-9,16H,6-7H2,1-2H3,(H,17,18). The number of rotatable bonds is 6. The summed E-state index contributed by atoms with van der Waals surface area (Å²) in [5.74, 6) is 1.08. The number of hydrogen-bond donors (Lipinski definition) is 2. The highest BCUT2D eigenvalue weighted by atomic mass is 79.9. The van der Waals surface area contributed by atoms with Crippen LogP contribution in [0.25, 0.3) is 0 Å². The highest BCUT2D eigenvalue weighted by Gasteiger charge is 2.05. The summed E-state index contributed by atoms with van der Waals surface area (Å²) in [6, 6.07) is 7.11. The van der Waals surface area contributed by atoms with Crippen molar-refractivity contribution in [1.82, 2.24) is 14.9 Å². The fourth-order valence-corrected chi connectivity index (χ4v) is 2.26. The summed E-state index contributed by atoms with van der Waals surface area (Å²) in [5, 5.41) is 6.01. The molecule has 21 heavy (non-hydrogen) atoms. The van der Waals surface area contributed by atoms with Crippen LogP contribution >= 0.6 is 15.9 Å². The van der Waals surface area contributed by atoms with Gasteiger partial charge in [-0.2, -0.15) is 4.98 Å². The largest absolute Gasteiger partial charge is 0.476 e. The molecule has 0 aromatic carbocycles. The fraction of sp³-hybridized carbons (Fsp3) is 0.286. The Hall–Kier alpha value is -1.86. The summed E-state index contributed by atoms with van der Waals surface area (Å²) < 4.78 is 7.81. The average Bonchev–Trinajstić information content (AvgIpc) is 2.45. The van der Waals surface area contributed by atoms with E-state index in [-0.39, 0.29) is 5.56 Å². The van der Waals surface area contributed by atoms with E-state index in [4.69, 9.17) is 4.74 Å². The molecule has 2 aromatic rings. The van der Waals surface area contributed by atoms with Crippen LogP contribution in [-0.2, 0) is 7.05 Å². The van der Waals surface area contributed by atoms with Crippen molar-refractivity contribution in [3.63, 3.8) is 0 Å². The first-order chi connectivity index (χ1) is 10.1. The van der Waals surface area contributed by atoms with Crippen LogP contribution in [0, 0.1) is 0 Å². The van der Waals surface area contributed by atoms with Gasteiger partial charge in [0.2, 0.25) is 5.88 Å². The Bertz CT molecular complexity index is 672. The summed E-state index contributed by atoms with van der Waals surface area (Å²) in [6.45, 7) is 1.27. The van der Waals surface area contributed by atoms with Crippen LogP contribution in [0.15, 0.2) is 39.7 Å². The van der Waals surface area contributed by atoms with E-state index in [9.17, 15) is 4.79 Å². The molecule has 0 spiro atoms. The summed E-state index contributed by atoms with van der Waals surface area (Å²) in [7, 11) is 3.56. The molecule has 0 amide bonds. The van der Waals surface area contributed by atoms with Gasteiger partial charge in [0.05, 0.1) is 0 Å². The van der Waals surface area contributed by atoms with Gasteiger partial charge in [-0.3, -0.25) is 4.79 Å². The molecule has 7 heteroatoms. The molecule has 0 atom stereocenters. The van der Waals surface area contributed by atoms with E-state index in [0.717, 1.165) is 11.0 Å². The van der Waals surface area contributed by atoms with Crippen molar-refractivity contribution in [2.75, 3.05) is 25.5 Å². The molecule has 0 aliphatic heterocycles. The number of pyridine rings is 2. The predicted molar refractivity (Wildman–Crippen MR) is 86.3 cm³/mol. The lowest BCUT2D eigenvalue weighted by Crippen LogP contribution is -2.19. The zero-order valence-electron chi connectivity index (χ0n) is 11.9. The first kappa shape index (κ1) is 15.5. The van der Waals surface area contributed by atoms with Gasteiger partial charge >= 0.3 is 0 Å². The smallest absolute Gasteiger partial charge is 0.274 e. The molecule has 112 valence electrons. The fourth-order valence-electron chi connectivity index (χ4n) is 1.72. The molecule has 2 rings (SSSR count). The third-order valence-corrected chi connectivity index (χ3v) is 3.17. The highest BCUT2D eigenvalue weighted by Crippen LogP contribution is 2.17. The van der Waals surface area contributed by atoms with Crippen molar-refractivity contribution in [2.45, 2.75) is 0 Å². The van der Waals surface area contributed by atoms with Crippen LogP contribution in [0.1, 0.15) is 0 Å². The molecule has 2 aromatic heterocycles. The van der Waals surface area contributed by atoms with Gasteiger partial charge in [0.25, 0.3) is 5.56 Å². The van der Waals surface area contributed by atoms with E-state index in [1.165, 1.54) is 4.57 Å². The number of likely N-dealkylation sites (N-methyl/N-ethyl adjacent to an activating group) is 1. The number of aryl methyl sites for hydroxylation is 1. The number of ether oxygens (including phenoxy) is 1. The molecule has 0 aliphatic rings. The maximum Gasteiger partial charge on any atom is 0.274 e. The third kappa shape index (κ3) is 4.30. The van der Waals surface area contributed by atoms with E-state index >= 15 is 0 Å². The second-order valence-corrected chi connectivity index (χ2v) is 5.34. The lowest BCUT2D eigenvalue weighted by atomic mass is 10.4. The van der Waals surface area contributed by atoms with E-state index in [2.05, 4.69) is 31.5 Å². The first-order valence-electron chi connectivity index (χ1n) is 6.48. The van der Waals surface area contributed by atoms with Crippen molar-refractivity contribution < 1.29 is 4.74 Å². The minimum Gasteiger partial charge on any atom is -0.476 e. The summed E-state index contributed by atoms with van der Waals surface area (Å²) in [5.41, 5.74) is 0.327.